The molecule has 4 aromatic rings. The molecule has 0 saturated carbocycles. The quantitative estimate of drug-likeness (QED) is 0.471. The molecule has 0 radical (unpaired) electrons. The minimum Gasteiger partial charge on any atom is -0.350 e. The highest BCUT2D eigenvalue weighted by atomic mass is 79.9. The molecule has 4 heterocycles. The number of anilines is 1. The molecule has 1 aliphatic heterocycles. The second-order valence-electron chi connectivity index (χ2n) is 7.26. The van der Waals surface area contributed by atoms with Gasteiger partial charge in [-0.05, 0) is 46.6 Å². The molecule has 3 aromatic heterocycles. The van der Waals surface area contributed by atoms with E-state index in [2.05, 4.69) is 41.3 Å². The number of rotatable bonds is 4. The van der Waals surface area contributed by atoms with Crippen molar-refractivity contribution in [2.45, 2.75) is 12.5 Å². The van der Waals surface area contributed by atoms with Crippen molar-refractivity contribution in [1.29, 1.82) is 0 Å². The minimum atomic E-state index is -3.19. The molecule has 1 fully saturated rings. The van der Waals surface area contributed by atoms with Gasteiger partial charge in [0, 0.05) is 36.9 Å². The summed E-state index contributed by atoms with van der Waals surface area (Å²) in [7, 11) is -3.19. The molecule has 0 bridgehead atoms. The predicted octanol–water partition coefficient (Wildman–Crippen LogP) is 2.57. The highest BCUT2D eigenvalue weighted by Gasteiger charge is 2.29. The Morgan fingerprint density at radius 2 is 2.10 bits per heavy atom. The van der Waals surface area contributed by atoms with Crippen LogP contribution in [0.4, 0.5) is 5.95 Å². The molecule has 0 aliphatic carbocycles. The van der Waals surface area contributed by atoms with E-state index in [0.29, 0.717) is 35.7 Å². The van der Waals surface area contributed by atoms with E-state index < -0.39 is 10.0 Å². The second-order valence-corrected chi connectivity index (χ2v) is 10.00. The Morgan fingerprint density at radius 3 is 2.90 bits per heavy atom. The highest BCUT2D eigenvalue weighted by Crippen LogP contribution is 2.27. The van der Waals surface area contributed by atoms with Crippen LogP contribution in [0.3, 0.4) is 0 Å². The summed E-state index contributed by atoms with van der Waals surface area (Å²) in [5.41, 5.74) is 2.42. The van der Waals surface area contributed by atoms with Crippen LogP contribution in [0.25, 0.3) is 27.6 Å². The van der Waals surface area contributed by atoms with E-state index in [1.165, 1.54) is 10.6 Å². The van der Waals surface area contributed by atoms with E-state index in [-0.39, 0.29) is 6.04 Å². The lowest BCUT2D eigenvalue weighted by molar-refractivity contribution is 0.480. The van der Waals surface area contributed by atoms with Gasteiger partial charge in [-0.15, -0.1) is 0 Å². The Labute approximate surface area is 181 Å². The van der Waals surface area contributed by atoms with Crippen LogP contribution in [0.1, 0.15) is 6.42 Å². The molecule has 5 rings (SSSR count). The maximum atomic E-state index is 11.7. The zero-order valence-electron chi connectivity index (χ0n) is 16.0. The normalized spacial score (nSPS) is 17.7. The Bertz CT molecular complexity index is 1370. The summed E-state index contributed by atoms with van der Waals surface area (Å²) in [5, 5.41) is 9.63. The van der Waals surface area contributed by atoms with Crippen molar-refractivity contribution in [1.82, 2.24) is 29.0 Å². The fourth-order valence-electron chi connectivity index (χ4n) is 3.64. The molecule has 1 saturated heterocycles. The monoisotopic (exact) mass is 487 g/mol. The lowest BCUT2D eigenvalue weighted by Crippen LogP contribution is -2.31. The van der Waals surface area contributed by atoms with Crippen molar-refractivity contribution in [2.75, 3.05) is 24.7 Å². The van der Waals surface area contributed by atoms with E-state index in [1.54, 1.807) is 17.1 Å². The van der Waals surface area contributed by atoms with Gasteiger partial charge in [0.1, 0.15) is 4.60 Å². The standard InChI is InChI=1S/C19H18BrN7O2S/c1-30(28,29)26-8-6-13(11-26)23-19-22-10-15-17(20)25-27(18(15)24-19)14-4-5-16-12(9-14)3-2-7-21-16/h2-5,7,9-10,13H,6,8,11H2,1H3,(H,22,23,24). The van der Waals surface area contributed by atoms with Gasteiger partial charge in [-0.25, -0.2) is 22.4 Å². The zero-order chi connectivity index (χ0) is 20.9. The summed E-state index contributed by atoms with van der Waals surface area (Å²) >= 11 is 3.49. The van der Waals surface area contributed by atoms with Crippen LogP contribution in [0, 0.1) is 0 Å². The summed E-state index contributed by atoms with van der Waals surface area (Å²) in [6.45, 7) is 0.897. The smallest absolute Gasteiger partial charge is 0.224 e. The summed E-state index contributed by atoms with van der Waals surface area (Å²) < 4.78 is 27.4. The third-order valence-corrected chi connectivity index (χ3v) is 7.02. The lowest BCUT2D eigenvalue weighted by atomic mass is 10.2. The molecule has 154 valence electrons. The number of aromatic nitrogens is 5. The van der Waals surface area contributed by atoms with Crippen LogP contribution in [-0.2, 0) is 10.0 Å². The number of nitrogens with zero attached hydrogens (tertiary/aromatic N) is 6. The number of sulfonamides is 1. The molecule has 1 N–H and O–H groups in total. The number of hydrogen-bond acceptors (Lipinski definition) is 7. The first-order valence-electron chi connectivity index (χ1n) is 9.36. The number of hydrogen-bond donors (Lipinski definition) is 1. The van der Waals surface area contributed by atoms with Crippen LogP contribution in [-0.4, -0.2) is 62.8 Å². The largest absolute Gasteiger partial charge is 0.350 e. The predicted molar refractivity (Wildman–Crippen MR) is 118 cm³/mol. The van der Waals surface area contributed by atoms with E-state index in [1.807, 2.05) is 30.3 Å². The van der Waals surface area contributed by atoms with Gasteiger partial charge in [0.25, 0.3) is 0 Å². The fraction of sp³-hybridized carbons (Fsp3) is 0.263. The van der Waals surface area contributed by atoms with Gasteiger partial charge in [-0.3, -0.25) is 4.98 Å². The molecule has 30 heavy (non-hydrogen) atoms. The van der Waals surface area contributed by atoms with Gasteiger partial charge < -0.3 is 5.32 Å². The van der Waals surface area contributed by atoms with E-state index in [9.17, 15) is 8.42 Å². The van der Waals surface area contributed by atoms with Gasteiger partial charge >= 0.3 is 0 Å². The molecule has 1 atom stereocenters. The van der Waals surface area contributed by atoms with E-state index >= 15 is 0 Å². The van der Waals surface area contributed by atoms with Crippen LogP contribution >= 0.6 is 15.9 Å². The topological polar surface area (TPSA) is 106 Å². The van der Waals surface area contributed by atoms with Crippen molar-refractivity contribution in [3.8, 4) is 5.69 Å². The van der Waals surface area contributed by atoms with Crippen molar-refractivity contribution >= 4 is 53.8 Å². The van der Waals surface area contributed by atoms with Gasteiger partial charge in [0.15, 0.2) is 5.65 Å². The third-order valence-electron chi connectivity index (χ3n) is 5.16. The fourth-order valence-corrected chi connectivity index (χ4v) is 4.97. The molecular formula is C19H18BrN7O2S. The van der Waals surface area contributed by atoms with E-state index in [0.717, 1.165) is 22.0 Å². The van der Waals surface area contributed by atoms with Crippen molar-refractivity contribution in [3.05, 3.63) is 47.3 Å². The average Bonchev–Trinajstić information content (AvgIpc) is 3.32. The average molecular weight is 488 g/mol. The molecule has 1 unspecified atom stereocenters. The van der Waals surface area contributed by atoms with Crippen LogP contribution < -0.4 is 5.32 Å². The Hall–Kier alpha value is -2.63. The van der Waals surface area contributed by atoms with Crippen molar-refractivity contribution in [2.24, 2.45) is 0 Å². The van der Waals surface area contributed by atoms with Crippen LogP contribution in [0.5, 0.6) is 0 Å². The molecule has 0 amide bonds. The van der Waals surface area contributed by atoms with Gasteiger partial charge in [0.05, 0.1) is 22.8 Å². The highest BCUT2D eigenvalue weighted by molar-refractivity contribution is 9.10. The first kappa shape index (κ1) is 19.3. The van der Waals surface area contributed by atoms with Crippen molar-refractivity contribution in [3.63, 3.8) is 0 Å². The van der Waals surface area contributed by atoms with Gasteiger partial charge in [0.2, 0.25) is 16.0 Å². The number of halogens is 1. The zero-order valence-corrected chi connectivity index (χ0v) is 18.4. The molecule has 9 nitrogen and oxygen atoms in total. The van der Waals surface area contributed by atoms with Crippen LogP contribution in [0.2, 0.25) is 0 Å². The Kier molecular flexibility index (Phi) is 4.68. The summed E-state index contributed by atoms with van der Waals surface area (Å²) in [5.74, 6) is 0.443. The van der Waals surface area contributed by atoms with E-state index in [4.69, 9.17) is 0 Å². The summed E-state index contributed by atoms with van der Waals surface area (Å²) in [4.78, 5) is 13.4. The maximum absolute atomic E-state index is 11.7. The lowest BCUT2D eigenvalue weighted by Gasteiger charge is -2.14. The third kappa shape index (κ3) is 3.53. The second kappa shape index (κ2) is 7.25. The first-order chi connectivity index (χ1) is 14.4. The number of pyridine rings is 1. The Balaban J connectivity index is 1.49. The summed E-state index contributed by atoms with van der Waals surface area (Å²) in [6.07, 6.45) is 5.41. The summed E-state index contributed by atoms with van der Waals surface area (Å²) in [6, 6.07) is 9.77. The SMILES string of the molecule is CS(=O)(=O)N1CCC(Nc2ncc3c(Br)nn(-c4ccc5ncccc5c4)c3n2)C1. The Morgan fingerprint density at radius 1 is 1.23 bits per heavy atom. The first-order valence-corrected chi connectivity index (χ1v) is 12.0. The number of benzene rings is 1. The van der Waals surface area contributed by atoms with Gasteiger partial charge in [-0.2, -0.15) is 10.1 Å². The van der Waals surface area contributed by atoms with Crippen LogP contribution in [0.15, 0.2) is 47.3 Å². The number of fused-ring (bicyclic) bond motifs is 2. The molecule has 11 heteroatoms. The minimum absolute atomic E-state index is 0.0382. The maximum Gasteiger partial charge on any atom is 0.224 e. The number of nitrogens with one attached hydrogen (secondary N) is 1. The molecule has 0 spiro atoms. The molecule has 1 aliphatic rings. The van der Waals surface area contributed by atoms with Crippen molar-refractivity contribution < 1.29 is 8.42 Å². The van der Waals surface area contributed by atoms with Gasteiger partial charge in [-0.1, -0.05) is 6.07 Å². The molecule has 1 aromatic carbocycles. The molecular weight excluding hydrogens is 470 g/mol.